The lowest BCUT2D eigenvalue weighted by molar-refractivity contribution is -0.493. The highest BCUT2D eigenvalue weighted by molar-refractivity contribution is 6.01. The van der Waals surface area contributed by atoms with Crippen molar-refractivity contribution in [3.63, 3.8) is 0 Å². The van der Waals surface area contributed by atoms with E-state index in [-0.39, 0.29) is 37.8 Å². The first-order valence-electron chi connectivity index (χ1n) is 13.8. The van der Waals surface area contributed by atoms with Crippen LogP contribution in [0, 0.1) is 0 Å². The molecule has 0 aliphatic rings. The minimum Gasteiger partial charge on any atom is -0.478 e. The smallest absolute Gasteiger partial charge is 0.453 e. The Bertz CT molecular complexity index is 1770. The van der Waals surface area contributed by atoms with Gasteiger partial charge in [-0.1, -0.05) is 59.4 Å². The van der Waals surface area contributed by atoms with E-state index >= 15 is 0 Å². The van der Waals surface area contributed by atoms with E-state index in [1.165, 1.54) is 0 Å². The normalized spacial score (nSPS) is 11.3. The molecule has 0 atom stereocenters. The third kappa shape index (κ3) is 7.46. The van der Waals surface area contributed by atoms with Gasteiger partial charge < -0.3 is 19.3 Å². The van der Waals surface area contributed by atoms with E-state index in [0.29, 0.717) is 35.8 Å². The summed E-state index contributed by atoms with van der Waals surface area (Å²) in [5.41, 5.74) is 4.34. The van der Waals surface area contributed by atoms with Crippen LogP contribution >= 0.6 is 0 Å². The largest absolute Gasteiger partial charge is 0.478 e. The van der Waals surface area contributed by atoms with Crippen molar-refractivity contribution in [2.45, 2.75) is 13.5 Å². The number of benzene rings is 3. The van der Waals surface area contributed by atoms with Crippen LogP contribution in [-0.2, 0) is 20.9 Å². The third-order valence-corrected chi connectivity index (χ3v) is 6.47. The standard InChI is InChI=1S/C29H29N7O9/c1-2-43-28-30-24-9-5-8-23(27(37)38)25(24)34(28)18-19-10-12-20(13-11-19)21-6-3-4-7-22(21)26-31-33-35(32-26)29(39)44-16-14-42-15-17-45-36(40)41/h3-13,40-41H,2,14-18H2,1H3,(H,37,38). The van der Waals surface area contributed by atoms with Crippen LogP contribution < -0.4 is 4.74 Å². The highest BCUT2D eigenvalue weighted by atomic mass is 17.1. The van der Waals surface area contributed by atoms with Crippen LogP contribution in [0.5, 0.6) is 6.01 Å². The molecule has 16 heteroatoms. The van der Waals surface area contributed by atoms with Crippen molar-refractivity contribution in [3.8, 4) is 28.5 Å². The number of carbonyl (C=O) groups excluding carboxylic acids is 1. The number of aromatic nitrogens is 6. The molecule has 16 nitrogen and oxygen atoms in total. The van der Waals surface area contributed by atoms with Crippen molar-refractivity contribution in [3.05, 3.63) is 77.9 Å². The molecule has 0 unspecified atom stereocenters. The van der Waals surface area contributed by atoms with Gasteiger partial charge in [-0.2, -0.15) is 4.98 Å². The van der Waals surface area contributed by atoms with Gasteiger partial charge in [0.25, 0.3) is 6.01 Å². The van der Waals surface area contributed by atoms with Crippen LogP contribution in [0.3, 0.4) is 0 Å². The Kier molecular flexibility index (Phi) is 10.0. The summed E-state index contributed by atoms with van der Waals surface area (Å²) in [5.74, 6) is -0.837. The number of rotatable bonds is 14. The number of carbonyl (C=O) groups is 2. The van der Waals surface area contributed by atoms with Gasteiger partial charge in [-0.05, 0) is 41.0 Å². The van der Waals surface area contributed by atoms with E-state index < -0.39 is 17.5 Å². The van der Waals surface area contributed by atoms with Gasteiger partial charge in [0.2, 0.25) is 5.82 Å². The summed E-state index contributed by atoms with van der Waals surface area (Å²) < 4.78 is 17.7. The molecule has 0 amide bonds. The second-order valence-electron chi connectivity index (χ2n) is 9.35. The summed E-state index contributed by atoms with van der Waals surface area (Å²) in [4.78, 5) is 33.9. The number of para-hydroxylation sites is 1. The SMILES string of the molecule is CCOc1nc2cccc(C(=O)O)c2n1Cc1ccc(-c2ccccc2-c2nnn(C(=O)OCCOCCON(O)O)n2)cc1. The molecule has 5 aromatic rings. The van der Waals surface area contributed by atoms with E-state index in [2.05, 4.69) is 25.2 Å². The second-order valence-corrected chi connectivity index (χ2v) is 9.35. The monoisotopic (exact) mass is 619 g/mol. The Labute approximate surface area is 255 Å². The number of fused-ring (bicyclic) bond motifs is 1. The maximum atomic E-state index is 12.4. The molecule has 0 saturated carbocycles. The number of nitrogens with zero attached hydrogens (tertiary/aromatic N) is 7. The molecule has 0 spiro atoms. The number of hydrogen-bond donors (Lipinski definition) is 3. The van der Waals surface area contributed by atoms with Crippen molar-refractivity contribution in [1.29, 1.82) is 0 Å². The maximum Gasteiger partial charge on any atom is 0.453 e. The Hall–Kier alpha value is -5.26. The van der Waals surface area contributed by atoms with Gasteiger partial charge in [0.1, 0.15) is 6.61 Å². The Morgan fingerprint density at radius 2 is 1.67 bits per heavy atom. The minimum absolute atomic E-state index is 0.0388. The second kappa shape index (κ2) is 14.5. The van der Waals surface area contributed by atoms with E-state index in [9.17, 15) is 14.7 Å². The first-order valence-corrected chi connectivity index (χ1v) is 13.8. The summed E-state index contributed by atoms with van der Waals surface area (Å²) >= 11 is 0. The molecular weight excluding hydrogens is 590 g/mol. The van der Waals surface area contributed by atoms with Crippen molar-refractivity contribution in [2.24, 2.45) is 0 Å². The molecule has 0 aliphatic carbocycles. The zero-order valence-corrected chi connectivity index (χ0v) is 24.0. The fourth-order valence-corrected chi connectivity index (χ4v) is 4.55. The maximum absolute atomic E-state index is 12.4. The molecule has 0 fully saturated rings. The number of carboxylic acid groups (broad SMARTS) is 1. The average Bonchev–Trinajstić information content (AvgIpc) is 3.66. The highest BCUT2D eigenvalue weighted by Crippen LogP contribution is 2.31. The quantitative estimate of drug-likeness (QED) is 0.121. The van der Waals surface area contributed by atoms with Crippen LogP contribution in [0.15, 0.2) is 66.7 Å². The van der Waals surface area contributed by atoms with Crippen LogP contribution in [0.1, 0.15) is 22.8 Å². The Morgan fingerprint density at radius 1 is 0.911 bits per heavy atom. The first-order chi connectivity index (χ1) is 21.9. The van der Waals surface area contributed by atoms with Crippen LogP contribution in [-0.4, -0.2) is 95.8 Å². The zero-order valence-electron chi connectivity index (χ0n) is 24.0. The van der Waals surface area contributed by atoms with Crippen molar-refractivity contribution >= 4 is 23.1 Å². The number of hydrogen-bond acceptors (Lipinski definition) is 13. The lowest BCUT2D eigenvalue weighted by Crippen LogP contribution is -2.21. The lowest BCUT2D eigenvalue weighted by Gasteiger charge is -2.12. The summed E-state index contributed by atoms with van der Waals surface area (Å²) in [6, 6.07) is 20.4. The average molecular weight is 620 g/mol. The molecule has 3 aromatic carbocycles. The lowest BCUT2D eigenvalue weighted by atomic mass is 9.98. The summed E-state index contributed by atoms with van der Waals surface area (Å²) in [6.07, 6.45) is -0.850. The van der Waals surface area contributed by atoms with Gasteiger partial charge in [-0.25, -0.2) is 14.4 Å². The summed E-state index contributed by atoms with van der Waals surface area (Å²) in [5, 5.41) is 38.3. The van der Waals surface area contributed by atoms with E-state index in [1.807, 2.05) is 55.5 Å². The Balaban J connectivity index is 1.29. The van der Waals surface area contributed by atoms with Gasteiger partial charge in [-0.15, -0.1) is 10.2 Å². The molecule has 0 radical (unpaired) electrons. The van der Waals surface area contributed by atoms with E-state index in [0.717, 1.165) is 21.5 Å². The Morgan fingerprint density at radius 3 is 2.40 bits per heavy atom. The summed E-state index contributed by atoms with van der Waals surface area (Å²) in [6.45, 7) is 2.42. The molecule has 234 valence electrons. The van der Waals surface area contributed by atoms with Gasteiger partial charge in [-0.3, -0.25) is 15.0 Å². The van der Waals surface area contributed by atoms with E-state index in [1.54, 1.807) is 22.8 Å². The topological polar surface area (TPSA) is 196 Å². The van der Waals surface area contributed by atoms with E-state index in [4.69, 9.17) is 24.6 Å². The molecule has 2 aromatic heterocycles. The van der Waals surface area contributed by atoms with Crippen molar-refractivity contribution < 1.29 is 44.2 Å². The summed E-state index contributed by atoms with van der Waals surface area (Å²) in [7, 11) is 0. The molecule has 5 rings (SSSR count). The van der Waals surface area contributed by atoms with Crippen LogP contribution in [0.2, 0.25) is 0 Å². The first kappa shape index (κ1) is 31.2. The molecule has 0 saturated heterocycles. The molecular formula is C29H29N7O9. The highest BCUT2D eigenvalue weighted by Gasteiger charge is 2.20. The van der Waals surface area contributed by atoms with Crippen LogP contribution in [0.4, 0.5) is 4.79 Å². The zero-order chi connectivity index (χ0) is 31.8. The fourth-order valence-electron chi connectivity index (χ4n) is 4.55. The molecule has 3 N–H and O–H groups in total. The van der Waals surface area contributed by atoms with Crippen molar-refractivity contribution in [2.75, 3.05) is 33.0 Å². The number of imidazole rings is 1. The van der Waals surface area contributed by atoms with Gasteiger partial charge >= 0.3 is 12.1 Å². The molecule has 45 heavy (non-hydrogen) atoms. The molecule has 0 aliphatic heterocycles. The number of aromatic carboxylic acids is 1. The predicted octanol–water partition coefficient (Wildman–Crippen LogP) is 3.52. The predicted molar refractivity (Wildman–Crippen MR) is 155 cm³/mol. The fraction of sp³-hybridized carbons (Fsp3) is 0.241. The van der Waals surface area contributed by atoms with Gasteiger partial charge in [0, 0.05) is 5.56 Å². The molecule has 2 heterocycles. The van der Waals surface area contributed by atoms with Crippen molar-refractivity contribution in [1.82, 2.24) is 35.1 Å². The number of ether oxygens (including phenoxy) is 3. The van der Waals surface area contributed by atoms with Gasteiger partial charge in [0.05, 0.1) is 55.0 Å². The third-order valence-electron chi connectivity index (χ3n) is 6.47. The van der Waals surface area contributed by atoms with Crippen LogP contribution in [0.25, 0.3) is 33.5 Å². The minimum atomic E-state index is -1.05. The number of carboxylic acids is 1. The van der Waals surface area contributed by atoms with Gasteiger partial charge in [0.15, 0.2) is 0 Å². The molecule has 0 bridgehead atoms. The number of tetrazole rings is 1.